The van der Waals surface area contributed by atoms with Crippen LogP contribution in [0, 0.1) is 0 Å². The van der Waals surface area contributed by atoms with E-state index in [4.69, 9.17) is 0 Å². The number of rotatable bonds is 5. The number of carbonyl (C=O) groups excluding carboxylic acids is 1. The van der Waals surface area contributed by atoms with Gasteiger partial charge in [0.25, 0.3) is 5.56 Å². The molecule has 0 unspecified atom stereocenters. The Hall–Kier alpha value is -3.74. The summed E-state index contributed by atoms with van der Waals surface area (Å²) in [7, 11) is 0. The maximum atomic E-state index is 12.1. The van der Waals surface area contributed by atoms with Gasteiger partial charge in [-0.15, -0.1) is 0 Å². The first-order valence-electron chi connectivity index (χ1n) is 8.57. The fraction of sp³-hybridized carbons (Fsp3) is 0.100. The molecule has 0 saturated heterocycles. The molecule has 4 rings (SSSR count). The van der Waals surface area contributed by atoms with Crippen LogP contribution in [0.5, 0.6) is 0 Å². The molecule has 2 aromatic heterocycles. The fourth-order valence-electron chi connectivity index (χ4n) is 2.90. The van der Waals surface area contributed by atoms with E-state index in [9.17, 15) is 9.59 Å². The smallest absolute Gasteiger partial charge is 0.270 e. The van der Waals surface area contributed by atoms with Gasteiger partial charge in [0.15, 0.2) is 0 Å². The van der Waals surface area contributed by atoms with Crippen LogP contribution in [0.15, 0.2) is 64.6 Å². The Morgan fingerprint density at radius 2 is 1.89 bits per heavy atom. The van der Waals surface area contributed by atoms with Crippen molar-refractivity contribution in [2.75, 3.05) is 0 Å². The summed E-state index contributed by atoms with van der Waals surface area (Å²) in [4.78, 5) is 34.3. The van der Waals surface area contributed by atoms with E-state index in [1.54, 1.807) is 12.3 Å². The lowest BCUT2D eigenvalue weighted by Crippen LogP contribution is -2.21. The lowest BCUT2D eigenvalue weighted by Gasteiger charge is -2.02. The predicted molar refractivity (Wildman–Crippen MR) is 105 cm³/mol. The highest BCUT2D eigenvalue weighted by atomic mass is 16.2. The number of hydrogen-bond donors (Lipinski definition) is 3. The zero-order valence-electron chi connectivity index (χ0n) is 14.4. The summed E-state index contributed by atoms with van der Waals surface area (Å²) in [5.41, 5.74) is 5.82. The van der Waals surface area contributed by atoms with Crippen LogP contribution in [-0.2, 0) is 11.2 Å². The normalized spacial score (nSPS) is 11.4. The van der Waals surface area contributed by atoms with Crippen molar-refractivity contribution in [3.05, 3.63) is 76.3 Å². The van der Waals surface area contributed by atoms with Gasteiger partial charge in [-0.1, -0.05) is 30.3 Å². The van der Waals surface area contributed by atoms with Crippen molar-refractivity contribution in [3.63, 3.8) is 0 Å². The first-order valence-corrected chi connectivity index (χ1v) is 8.57. The topological polar surface area (TPSA) is 103 Å². The van der Waals surface area contributed by atoms with Gasteiger partial charge in [0.2, 0.25) is 5.91 Å². The number of hydrogen-bond acceptors (Lipinski definition) is 4. The van der Waals surface area contributed by atoms with Gasteiger partial charge in [0.1, 0.15) is 5.69 Å². The number of aromatic amines is 2. The van der Waals surface area contributed by atoms with Crippen LogP contribution in [0.2, 0.25) is 0 Å². The van der Waals surface area contributed by atoms with Crippen molar-refractivity contribution in [2.24, 2.45) is 5.10 Å². The second-order valence-corrected chi connectivity index (χ2v) is 6.11. The molecule has 0 atom stereocenters. The maximum Gasteiger partial charge on any atom is 0.270 e. The molecule has 3 N–H and O–H groups in total. The highest BCUT2D eigenvalue weighted by molar-refractivity contribution is 5.99. The molecule has 0 bridgehead atoms. The molecule has 2 aromatic carbocycles. The van der Waals surface area contributed by atoms with Crippen molar-refractivity contribution in [3.8, 4) is 0 Å². The predicted octanol–water partition coefficient (Wildman–Crippen LogP) is 2.49. The average Bonchev–Trinajstić information content (AvgIpc) is 3.09. The number of aryl methyl sites for hydroxylation is 1. The lowest BCUT2D eigenvalue weighted by molar-refractivity contribution is -0.121. The van der Waals surface area contributed by atoms with Gasteiger partial charge < -0.3 is 9.97 Å². The van der Waals surface area contributed by atoms with Crippen molar-refractivity contribution in [2.45, 2.75) is 12.8 Å². The summed E-state index contributed by atoms with van der Waals surface area (Å²) in [6.45, 7) is 0. The van der Waals surface area contributed by atoms with Gasteiger partial charge in [0.05, 0.1) is 17.2 Å². The van der Waals surface area contributed by atoms with E-state index < -0.39 is 0 Å². The Morgan fingerprint density at radius 3 is 2.78 bits per heavy atom. The Bertz CT molecular complexity index is 1210. The highest BCUT2D eigenvalue weighted by Gasteiger charge is 2.08. The Labute approximate surface area is 154 Å². The van der Waals surface area contributed by atoms with Crippen LogP contribution in [0.25, 0.3) is 21.9 Å². The van der Waals surface area contributed by atoms with E-state index in [1.165, 1.54) is 0 Å². The summed E-state index contributed by atoms with van der Waals surface area (Å²) in [6.07, 6.45) is 3.80. The molecule has 7 nitrogen and oxygen atoms in total. The Balaban J connectivity index is 1.38. The van der Waals surface area contributed by atoms with Gasteiger partial charge in [-0.05, 0) is 18.2 Å². The molecule has 1 amide bonds. The molecule has 134 valence electrons. The molecule has 0 aliphatic rings. The van der Waals surface area contributed by atoms with Gasteiger partial charge >= 0.3 is 0 Å². The summed E-state index contributed by atoms with van der Waals surface area (Å²) in [6, 6.07) is 15.1. The Kier molecular flexibility index (Phi) is 4.49. The number of H-pyrrole nitrogens is 2. The zero-order chi connectivity index (χ0) is 18.6. The highest BCUT2D eigenvalue weighted by Crippen LogP contribution is 2.15. The van der Waals surface area contributed by atoms with E-state index in [-0.39, 0.29) is 24.3 Å². The fourth-order valence-corrected chi connectivity index (χ4v) is 2.90. The van der Waals surface area contributed by atoms with E-state index in [0.717, 1.165) is 16.5 Å². The third-order valence-electron chi connectivity index (χ3n) is 4.27. The Morgan fingerprint density at radius 1 is 1.11 bits per heavy atom. The molecule has 0 aliphatic heterocycles. The van der Waals surface area contributed by atoms with Gasteiger partial charge in [0, 0.05) is 35.5 Å². The van der Waals surface area contributed by atoms with Crippen molar-refractivity contribution < 1.29 is 4.79 Å². The molecule has 27 heavy (non-hydrogen) atoms. The molecule has 7 heteroatoms. The minimum atomic E-state index is -0.277. The third-order valence-corrected chi connectivity index (χ3v) is 4.27. The standard InChI is InChI=1S/C20H17N5O2/c26-19(25-22-12-13-11-21-15-6-2-1-5-14(13)15)10-9-18-20(27)24-17-8-4-3-7-16(17)23-18/h1-8,11-12,21H,9-10H2,(H,24,27)(H,25,26)/b22-12+. The number of fused-ring (bicyclic) bond motifs is 2. The molecular formula is C20H17N5O2. The van der Waals surface area contributed by atoms with Crippen LogP contribution in [0.1, 0.15) is 17.7 Å². The van der Waals surface area contributed by atoms with E-state index in [2.05, 4.69) is 25.5 Å². The molecule has 2 heterocycles. The largest absolute Gasteiger partial charge is 0.361 e. The summed E-state index contributed by atoms with van der Waals surface area (Å²) in [5, 5.41) is 5.03. The number of amides is 1. The number of hydrazone groups is 1. The number of nitrogens with zero attached hydrogens (tertiary/aromatic N) is 2. The SMILES string of the molecule is O=C(CCc1nc2ccccc2[nH]c1=O)N/N=C/c1c[nH]c2ccccc12. The zero-order valence-corrected chi connectivity index (χ0v) is 14.4. The molecule has 0 aliphatic carbocycles. The quantitative estimate of drug-likeness (QED) is 0.377. The maximum absolute atomic E-state index is 12.1. The average molecular weight is 359 g/mol. The minimum Gasteiger partial charge on any atom is -0.361 e. The molecule has 0 saturated carbocycles. The van der Waals surface area contributed by atoms with Gasteiger partial charge in [-0.2, -0.15) is 5.10 Å². The first-order chi connectivity index (χ1) is 13.2. The number of nitrogens with one attached hydrogen (secondary N) is 3. The molecule has 0 radical (unpaired) electrons. The second-order valence-electron chi connectivity index (χ2n) is 6.11. The van der Waals surface area contributed by atoms with Gasteiger partial charge in [-0.25, -0.2) is 10.4 Å². The van der Waals surface area contributed by atoms with Crippen LogP contribution in [0.3, 0.4) is 0 Å². The van der Waals surface area contributed by atoms with Crippen LogP contribution in [0.4, 0.5) is 0 Å². The number of aromatic nitrogens is 3. The van der Waals surface area contributed by atoms with Crippen LogP contribution in [-0.4, -0.2) is 27.1 Å². The van der Waals surface area contributed by atoms with Crippen LogP contribution < -0.4 is 11.0 Å². The van der Waals surface area contributed by atoms with Crippen LogP contribution >= 0.6 is 0 Å². The number of carbonyl (C=O) groups is 1. The van der Waals surface area contributed by atoms with Crippen molar-refractivity contribution in [1.82, 2.24) is 20.4 Å². The van der Waals surface area contributed by atoms with E-state index in [0.29, 0.717) is 16.7 Å². The lowest BCUT2D eigenvalue weighted by atomic mass is 10.2. The first kappa shape index (κ1) is 16.7. The molecule has 4 aromatic rings. The number of para-hydroxylation sites is 3. The summed E-state index contributed by atoms with van der Waals surface area (Å²) < 4.78 is 0. The second kappa shape index (κ2) is 7.25. The summed E-state index contributed by atoms with van der Waals surface area (Å²) >= 11 is 0. The molecular weight excluding hydrogens is 342 g/mol. The molecule has 0 fully saturated rings. The van der Waals surface area contributed by atoms with E-state index >= 15 is 0 Å². The number of benzene rings is 2. The van der Waals surface area contributed by atoms with Crippen molar-refractivity contribution >= 4 is 34.1 Å². The van der Waals surface area contributed by atoms with E-state index in [1.807, 2.05) is 48.7 Å². The van der Waals surface area contributed by atoms with Gasteiger partial charge in [-0.3, -0.25) is 9.59 Å². The summed E-state index contributed by atoms with van der Waals surface area (Å²) in [5.74, 6) is -0.277. The molecule has 0 spiro atoms. The minimum absolute atomic E-state index is 0.125. The third kappa shape index (κ3) is 3.62. The monoisotopic (exact) mass is 359 g/mol. The van der Waals surface area contributed by atoms with Crippen molar-refractivity contribution in [1.29, 1.82) is 0 Å².